The molecule has 0 aliphatic carbocycles. The maximum atomic E-state index is 12.1. The number of para-hydroxylation sites is 1. The second-order valence-electron chi connectivity index (χ2n) is 5.94. The summed E-state index contributed by atoms with van der Waals surface area (Å²) in [4.78, 5) is 12.1. The quantitative estimate of drug-likeness (QED) is 0.516. The topological polar surface area (TPSA) is 70.9 Å². The predicted octanol–water partition coefficient (Wildman–Crippen LogP) is 3.98. The van der Waals surface area contributed by atoms with Crippen LogP contribution in [0.25, 0.3) is 11.1 Å². The van der Waals surface area contributed by atoms with Crippen molar-refractivity contribution in [2.75, 3.05) is 0 Å². The van der Waals surface area contributed by atoms with Crippen molar-refractivity contribution in [3.05, 3.63) is 84.4 Å². The lowest BCUT2D eigenvalue weighted by Gasteiger charge is -2.13. The van der Waals surface area contributed by atoms with Gasteiger partial charge in [-0.2, -0.15) is 5.10 Å². The summed E-state index contributed by atoms with van der Waals surface area (Å²) >= 11 is 0. The van der Waals surface area contributed by atoms with Crippen LogP contribution in [0.15, 0.2) is 84.0 Å². The van der Waals surface area contributed by atoms with Crippen LogP contribution in [-0.4, -0.2) is 23.3 Å². The minimum absolute atomic E-state index is 0.0957. The van der Waals surface area contributed by atoms with Crippen molar-refractivity contribution in [1.29, 1.82) is 0 Å². The van der Waals surface area contributed by atoms with Crippen LogP contribution in [0.2, 0.25) is 0 Å². The Bertz CT molecular complexity index is 922. The molecule has 5 heteroatoms. The summed E-state index contributed by atoms with van der Waals surface area (Å²) in [6.07, 6.45) is 0.670. The Morgan fingerprint density at radius 1 is 0.963 bits per heavy atom. The molecule has 27 heavy (non-hydrogen) atoms. The number of carbonyl (C=O) groups is 1. The van der Waals surface area contributed by atoms with E-state index >= 15 is 0 Å². The molecule has 0 fully saturated rings. The Kier molecular flexibility index (Phi) is 5.84. The molecule has 1 atom stereocenters. The van der Waals surface area contributed by atoms with Gasteiger partial charge in [-0.05, 0) is 42.3 Å². The molecule has 3 rings (SSSR count). The zero-order valence-electron chi connectivity index (χ0n) is 14.9. The van der Waals surface area contributed by atoms with E-state index in [1.54, 1.807) is 31.2 Å². The molecule has 0 aromatic heterocycles. The molecule has 3 aromatic rings. The van der Waals surface area contributed by atoms with Gasteiger partial charge >= 0.3 is 0 Å². The summed E-state index contributed by atoms with van der Waals surface area (Å²) in [6, 6.07) is 24.3. The number of ether oxygens (including phenoxy) is 1. The number of rotatable bonds is 6. The van der Waals surface area contributed by atoms with Gasteiger partial charge in [0.1, 0.15) is 11.5 Å². The lowest BCUT2D eigenvalue weighted by atomic mass is 10.1. The maximum absolute atomic E-state index is 12.1. The van der Waals surface area contributed by atoms with Gasteiger partial charge in [0.2, 0.25) is 0 Å². The minimum Gasteiger partial charge on any atom is -0.507 e. The van der Waals surface area contributed by atoms with E-state index in [4.69, 9.17) is 4.74 Å². The van der Waals surface area contributed by atoms with Crippen LogP contribution in [0.5, 0.6) is 11.5 Å². The van der Waals surface area contributed by atoms with Gasteiger partial charge in [0, 0.05) is 5.56 Å². The van der Waals surface area contributed by atoms with E-state index < -0.39 is 6.10 Å². The van der Waals surface area contributed by atoms with E-state index in [-0.39, 0.29) is 11.7 Å². The minimum atomic E-state index is -0.714. The Morgan fingerprint density at radius 2 is 1.59 bits per heavy atom. The fourth-order valence-corrected chi connectivity index (χ4v) is 2.47. The van der Waals surface area contributed by atoms with Crippen LogP contribution in [0, 0.1) is 0 Å². The van der Waals surface area contributed by atoms with Crippen molar-refractivity contribution < 1.29 is 14.6 Å². The van der Waals surface area contributed by atoms with E-state index in [0.717, 1.165) is 11.1 Å². The highest BCUT2D eigenvalue weighted by Gasteiger charge is 2.14. The molecule has 0 radical (unpaired) electrons. The van der Waals surface area contributed by atoms with Crippen molar-refractivity contribution in [2.24, 2.45) is 5.10 Å². The molecular formula is C22H20N2O3. The third-order valence-electron chi connectivity index (χ3n) is 3.96. The van der Waals surface area contributed by atoms with Gasteiger partial charge < -0.3 is 9.84 Å². The summed E-state index contributed by atoms with van der Waals surface area (Å²) in [5, 5.41) is 13.5. The Balaban J connectivity index is 1.56. The number of amides is 1. The first-order chi connectivity index (χ1) is 13.1. The number of carbonyl (C=O) groups excluding carboxylic acids is 1. The van der Waals surface area contributed by atoms with Crippen molar-refractivity contribution in [2.45, 2.75) is 13.0 Å². The van der Waals surface area contributed by atoms with Crippen LogP contribution in [0.1, 0.15) is 12.5 Å². The summed E-state index contributed by atoms with van der Waals surface area (Å²) < 4.78 is 5.66. The predicted molar refractivity (Wildman–Crippen MR) is 106 cm³/mol. The first-order valence-electron chi connectivity index (χ1n) is 8.56. The monoisotopic (exact) mass is 360 g/mol. The molecular weight excluding hydrogens is 340 g/mol. The Hall–Kier alpha value is -3.60. The molecule has 136 valence electrons. The fourth-order valence-electron chi connectivity index (χ4n) is 2.47. The van der Waals surface area contributed by atoms with Gasteiger partial charge in [-0.25, -0.2) is 5.43 Å². The van der Waals surface area contributed by atoms with Crippen molar-refractivity contribution in [3.63, 3.8) is 0 Å². The molecule has 3 aromatic carbocycles. The maximum Gasteiger partial charge on any atom is 0.280 e. The molecule has 0 saturated heterocycles. The first-order valence-corrected chi connectivity index (χ1v) is 8.56. The molecule has 2 N–H and O–H groups in total. The number of phenolic OH excluding ortho intramolecular Hbond substituents is 1. The Morgan fingerprint density at radius 3 is 2.30 bits per heavy atom. The number of benzene rings is 3. The van der Waals surface area contributed by atoms with E-state index in [1.165, 1.54) is 6.21 Å². The van der Waals surface area contributed by atoms with Crippen molar-refractivity contribution in [1.82, 2.24) is 5.43 Å². The summed E-state index contributed by atoms with van der Waals surface area (Å²) in [6.45, 7) is 1.65. The number of hydrogen-bond donors (Lipinski definition) is 2. The van der Waals surface area contributed by atoms with Gasteiger partial charge in [0.15, 0.2) is 6.10 Å². The summed E-state index contributed by atoms with van der Waals surface area (Å²) in [7, 11) is 0. The van der Waals surface area contributed by atoms with Crippen LogP contribution >= 0.6 is 0 Å². The number of phenols is 1. The average molecular weight is 360 g/mol. The second-order valence-corrected chi connectivity index (χ2v) is 5.94. The summed E-state index contributed by atoms with van der Waals surface area (Å²) in [5.74, 6) is 0.314. The van der Waals surface area contributed by atoms with Crippen molar-refractivity contribution in [3.8, 4) is 22.6 Å². The van der Waals surface area contributed by atoms with Gasteiger partial charge in [0.25, 0.3) is 5.91 Å². The standard InChI is InChI=1S/C22H20N2O3/c1-16(22(26)24-23-15-19-9-5-6-10-21(19)25)27-20-13-11-18(12-14-20)17-7-3-2-4-8-17/h2-16,25H,1H3,(H,24,26)/b23-15-/t16-/m1/s1. The van der Waals surface area contributed by atoms with Crippen LogP contribution in [-0.2, 0) is 4.79 Å². The molecule has 1 amide bonds. The Labute approximate surface area is 157 Å². The number of nitrogens with one attached hydrogen (secondary N) is 1. The van der Waals surface area contributed by atoms with Gasteiger partial charge in [-0.3, -0.25) is 4.79 Å². The lowest BCUT2D eigenvalue weighted by Crippen LogP contribution is -2.33. The molecule has 0 aliphatic heterocycles. The molecule has 0 heterocycles. The number of hydrazone groups is 1. The molecule has 0 bridgehead atoms. The molecule has 0 aliphatic rings. The third-order valence-corrected chi connectivity index (χ3v) is 3.96. The molecule has 5 nitrogen and oxygen atoms in total. The normalized spacial score (nSPS) is 11.9. The zero-order valence-corrected chi connectivity index (χ0v) is 14.9. The number of aromatic hydroxyl groups is 1. The van der Waals surface area contributed by atoms with Crippen LogP contribution in [0.3, 0.4) is 0 Å². The van der Waals surface area contributed by atoms with Crippen LogP contribution < -0.4 is 10.2 Å². The molecule has 0 spiro atoms. The highest BCUT2D eigenvalue weighted by Crippen LogP contribution is 2.22. The van der Waals surface area contributed by atoms with E-state index in [9.17, 15) is 9.90 Å². The summed E-state index contributed by atoms with van der Waals surface area (Å²) in [5.41, 5.74) is 5.12. The van der Waals surface area contributed by atoms with Gasteiger partial charge in [0.05, 0.1) is 6.21 Å². The first kappa shape index (κ1) is 18.2. The van der Waals surface area contributed by atoms with Gasteiger partial charge in [-0.1, -0.05) is 54.6 Å². The van der Waals surface area contributed by atoms with E-state index in [2.05, 4.69) is 10.5 Å². The van der Waals surface area contributed by atoms with Gasteiger partial charge in [-0.15, -0.1) is 0 Å². The SMILES string of the molecule is C[C@@H](Oc1ccc(-c2ccccc2)cc1)C(=O)N/N=C\c1ccccc1O. The largest absolute Gasteiger partial charge is 0.507 e. The van der Waals surface area contributed by atoms with E-state index in [1.807, 2.05) is 54.6 Å². The van der Waals surface area contributed by atoms with Crippen molar-refractivity contribution >= 4 is 12.1 Å². The molecule has 0 saturated carbocycles. The van der Waals surface area contributed by atoms with E-state index in [0.29, 0.717) is 11.3 Å². The lowest BCUT2D eigenvalue weighted by molar-refractivity contribution is -0.127. The number of hydrogen-bond acceptors (Lipinski definition) is 4. The highest BCUT2D eigenvalue weighted by atomic mass is 16.5. The van der Waals surface area contributed by atoms with Crippen LogP contribution in [0.4, 0.5) is 0 Å². The number of nitrogens with zero attached hydrogens (tertiary/aromatic N) is 1. The third kappa shape index (κ3) is 4.95. The molecule has 0 unspecified atom stereocenters. The zero-order chi connectivity index (χ0) is 19.1. The fraction of sp³-hybridized carbons (Fsp3) is 0.0909. The average Bonchev–Trinajstić information content (AvgIpc) is 2.70. The second kappa shape index (κ2) is 8.67. The highest BCUT2D eigenvalue weighted by molar-refractivity contribution is 5.86. The smallest absolute Gasteiger partial charge is 0.280 e.